The summed E-state index contributed by atoms with van der Waals surface area (Å²) in [6.07, 6.45) is 3.64. The molecule has 33 heavy (non-hydrogen) atoms. The molecule has 174 valence electrons. The minimum Gasteiger partial charge on any atom is -0.367 e. The van der Waals surface area contributed by atoms with Gasteiger partial charge in [0.25, 0.3) is 0 Å². The fourth-order valence-corrected chi connectivity index (χ4v) is 4.21. The van der Waals surface area contributed by atoms with Gasteiger partial charge in [-0.3, -0.25) is 4.90 Å². The van der Waals surface area contributed by atoms with Crippen molar-refractivity contribution in [2.45, 2.75) is 59.7 Å². The first-order chi connectivity index (χ1) is 15.8. The molecule has 0 aliphatic heterocycles. The van der Waals surface area contributed by atoms with Gasteiger partial charge in [0.05, 0.1) is 6.33 Å². The summed E-state index contributed by atoms with van der Waals surface area (Å²) in [6, 6.07) is 11.3. The lowest BCUT2D eigenvalue weighted by atomic mass is 10.1. The van der Waals surface area contributed by atoms with Crippen molar-refractivity contribution >= 4 is 39.5 Å². The molecule has 4 rings (SSSR count). The second kappa shape index (κ2) is 9.70. The Labute approximate surface area is 195 Å². The summed E-state index contributed by atoms with van der Waals surface area (Å²) in [5.74, 6) is 1.97. The maximum atomic E-state index is 4.81. The van der Waals surface area contributed by atoms with Crippen LogP contribution in [0.2, 0.25) is 0 Å². The maximum Gasteiger partial charge on any atom is 0.232 e. The number of hydrogen-bond acceptors (Lipinski definition) is 7. The lowest BCUT2D eigenvalue weighted by Crippen LogP contribution is -2.40. The summed E-state index contributed by atoms with van der Waals surface area (Å²) in [6.45, 7) is 14.8. The number of anilines is 3. The normalized spacial score (nSPS) is 12.1. The van der Waals surface area contributed by atoms with Crippen LogP contribution in [0.1, 0.15) is 47.6 Å². The highest BCUT2D eigenvalue weighted by Gasteiger charge is 2.17. The largest absolute Gasteiger partial charge is 0.367 e. The highest BCUT2D eigenvalue weighted by atomic mass is 15.2. The van der Waals surface area contributed by atoms with E-state index in [1.54, 1.807) is 6.20 Å². The van der Waals surface area contributed by atoms with Crippen LogP contribution in [0.25, 0.3) is 21.9 Å². The Hall–Kier alpha value is -3.26. The van der Waals surface area contributed by atoms with Crippen molar-refractivity contribution in [2.24, 2.45) is 0 Å². The van der Waals surface area contributed by atoms with Crippen molar-refractivity contribution in [1.29, 1.82) is 0 Å². The Kier molecular flexibility index (Phi) is 6.74. The molecular weight excluding hydrogens is 412 g/mol. The maximum absolute atomic E-state index is 4.81. The molecule has 0 amide bonds. The molecule has 0 aliphatic rings. The summed E-state index contributed by atoms with van der Waals surface area (Å²) < 4.78 is 2.07. The van der Waals surface area contributed by atoms with Crippen molar-refractivity contribution in [3.8, 4) is 0 Å². The number of imidazole rings is 1. The predicted octanol–water partition coefficient (Wildman–Crippen LogP) is 5.23. The monoisotopic (exact) mass is 446 g/mol. The zero-order valence-electron chi connectivity index (χ0n) is 20.4. The zero-order chi connectivity index (χ0) is 23.5. The summed E-state index contributed by atoms with van der Waals surface area (Å²) >= 11 is 0. The van der Waals surface area contributed by atoms with Gasteiger partial charge in [-0.15, -0.1) is 0 Å². The van der Waals surface area contributed by atoms with Gasteiger partial charge in [-0.1, -0.05) is 24.3 Å². The smallest absolute Gasteiger partial charge is 0.232 e. The summed E-state index contributed by atoms with van der Waals surface area (Å²) in [7, 11) is 0. The van der Waals surface area contributed by atoms with E-state index in [9.17, 15) is 0 Å². The lowest BCUT2D eigenvalue weighted by Gasteiger charge is -2.30. The predicted molar refractivity (Wildman–Crippen MR) is 136 cm³/mol. The van der Waals surface area contributed by atoms with Gasteiger partial charge in [0.15, 0.2) is 17.0 Å². The van der Waals surface area contributed by atoms with Gasteiger partial charge in [0, 0.05) is 42.8 Å². The van der Waals surface area contributed by atoms with Gasteiger partial charge in [-0.05, 0) is 53.0 Å². The minimum absolute atomic E-state index is 0.235. The quantitative estimate of drug-likeness (QED) is 0.364. The first kappa shape index (κ1) is 22.9. The van der Waals surface area contributed by atoms with Crippen LogP contribution in [-0.2, 0) is 0 Å². The molecule has 0 atom stereocenters. The number of nitrogens with one attached hydrogen (secondary N) is 2. The van der Waals surface area contributed by atoms with E-state index >= 15 is 0 Å². The van der Waals surface area contributed by atoms with Crippen molar-refractivity contribution < 1.29 is 0 Å². The highest BCUT2D eigenvalue weighted by Crippen LogP contribution is 2.27. The molecule has 3 heterocycles. The Morgan fingerprint density at radius 3 is 2.39 bits per heavy atom. The molecule has 4 aromatic rings. The van der Waals surface area contributed by atoms with Gasteiger partial charge in [0.2, 0.25) is 5.95 Å². The molecule has 0 aliphatic carbocycles. The van der Waals surface area contributed by atoms with E-state index in [0.717, 1.165) is 46.7 Å². The van der Waals surface area contributed by atoms with Crippen molar-refractivity contribution in [1.82, 2.24) is 29.4 Å². The Morgan fingerprint density at radius 1 is 0.909 bits per heavy atom. The molecule has 0 spiro atoms. The number of rotatable bonds is 9. The molecule has 3 aromatic heterocycles. The van der Waals surface area contributed by atoms with Crippen LogP contribution in [0.4, 0.5) is 17.6 Å². The number of fused-ring (bicyclic) bond motifs is 2. The first-order valence-electron chi connectivity index (χ1n) is 11.7. The van der Waals surface area contributed by atoms with Gasteiger partial charge >= 0.3 is 0 Å². The lowest BCUT2D eigenvalue weighted by molar-refractivity contribution is 0.182. The van der Waals surface area contributed by atoms with E-state index in [1.165, 1.54) is 0 Å². The van der Waals surface area contributed by atoms with Crippen LogP contribution in [0.5, 0.6) is 0 Å². The molecule has 8 nitrogen and oxygen atoms in total. The summed E-state index contributed by atoms with van der Waals surface area (Å²) in [4.78, 5) is 21.2. The van der Waals surface area contributed by atoms with E-state index < -0.39 is 0 Å². The van der Waals surface area contributed by atoms with E-state index in [0.29, 0.717) is 18.0 Å². The number of benzene rings is 1. The molecule has 0 saturated heterocycles. The third kappa shape index (κ3) is 4.90. The topological polar surface area (TPSA) is 83.8 Å². The SMILES string of the molecule is CC(C)N(CCNc1nc(Nc2nccc3ccccc23)nc2c1ncn2C(C)C)C(C)C. The van der Waals surface area contributed by atoms with Crippen LogP contribution < -0.4 is 10.6 Å². The first-order valence-corrected chi connectivity index (χ1v) is 11.7. The third-order valence-corrected chi connectivity index (χ3v) is 5.87. The zero-order valence-corrected chi connectivity index (χ0v) is 20.4. The molecule has 2 N–H and O–H groups in total. The van der Waals surface area contributed by atoms with Crippen molar-refractivity contribution in [2.75, 3.05) is 23.7 Å². The average molecular weight is 447 g/mol. The van der Waals surface area contributed by atoms with E-state index in [1.807, 2.05) is 30.6 Å². The van der Waals surface area contributed by atoms with Crippen molar-refractivity contribution in [3.63, 3.8) is 0 Å². The molecule has 0 bridgehead atoms. The molecular formula is C25H34N8. The van der Waals surface area contributed by atoms with Crippen molar-refractivity contribution in [3.05, 3.63) is 42.9 Å². The number of pyridine rings is 1. The van der Waals surface area contributed by atoms with Gasteiger partial charge < -0.3 is 15.2 Å². The second-order valence-electron chi connectivity index (χ2n) is 9.17. The molecule has 1 aromatic carbocycles. The fraction of sp³-hybridized carbons (Fsp3) is 0.440. The van der Waals surface area contributed by atoms with E-state index in [4.69, 9.17) is 9.97 Å². The van der Waals surface area contributed by atoms with E-state index in [2.05, 4.69) is 77.7 Å². The Morgan fingerprint density at radius 2 is 1.67 bits per heavy atom. The number of hydrogen-bond donors (Lipinski definition) is 2. The Bertz CT molecular complexity index is 1210. The average Bonchev–Trinajstić information content (AvgIpc) is 3.21. The minimum atomic E-state index is 0.235. The Balaban J connectivity index is 1.68. The molecule has 0 fully saturated rings. The molecule has 0 unspecified atom stereocenters. The second-order valence-corrected chi connectivity index (χ2v) is 9.17. The van der Waals surface area contributed by atoms with Crippen LogP contribution in [0, 0.1) is 0 Å². The third-order valence-electron chi connectivity index (χ3n) is 5.87. The highest BCUT2D eigenvalue weighted by molar-refractivity contribution is 5.93. The summed E-state index contributed by atoms with van der Waals surface area (Å²) in [5, 5.41) is 9.00. The van der Waals surface area contributed by atoms with Gasteiger partial charge in [0.1, 0.15) is 5.82 Å². The number of nitrogens with zero attached hydrogens (tertiary/aromatic N) is 6. The van der Waals surface area contributed by atoms with Crippen LogP contribution >= 0.6 is 0 Å². The van der Waals surface area contributed by atoms with Crippen LogP contribution in [0.15, 0.2) is 42.9 Å². The van der Waals surface area contributed by atoms with E-state index in [-0.39, 0.29) is 6.04 Å². The van der Waals surface area contributed by atoms with Gasteiger partial charge in [-0.2, -0.15) is 9.97 Å². The van der Waals surface area contributed by atoms with Gasteiger partial charge in [-0.25, -0.2) is 9.97 Å². The standard InChI is InChI=1S/C25H34N8/c1-16(2)32(17(3)4)14-13-27-23-21-24(33(15-28-21)18(5)6)31-25(30-23)29-22-20-10-8-7-9-19(20)11-12-26-22/h7-12,15-18H,13-14H2,1-6H3,(H2,26,27,29,30,31). The molecule has 0 saturated carbocycles. The number of aromatic nitrogens is 5. The summed E-state index contributed by atoms with van der Waals surface area (Å²) in [5.41, 5.74) is 1.58. The molecule has 0 radical (unpaired) electrons. The molecule has 8 heteroatoms. The fourth-order valence-electron chi connectivity index (χ4n) is 4.21. The van der Waals surface area contributed by atoms with Crippen LogP contribution in [-0.4, -0.2) is 54.6 Å². The van der Waals surface area contributed by atoms with Crippen LogP contribution in [0.3, 0.4) is 0 Å².